The minimum atomic E-state index is -0.855. The fourth-order valence-electron chi connectivity index (χ4n) is 1.03. The summed E-state index contributed by atoms with van der Waals surface area (Å²) in [4.78, 5) is 0. The van der Waals surface area contributed by atoms with E-state index in [-0.39, 0.29) is 13.2 Å². The minimum absolute atomic E-state index is 0.0665. The number of aliphatic hydroxyl groups excluding tert-OH is 2. The lowest BCUT2D eigenvalue weighted by Crippen LogP contribution is -2.21. The van der Waals surface area contributed by atoms with Crippen LogP contribution in [0.4, 0.5) is 0 Å². The van der Waals surface area contributed by atoms with Gasteiger partial charge in [0.25, 0.3) is 0 Å². The smallest absolute Gasteiger partial charge is 0.133 e. The Morgan fingerprint density at radius 2 is 2.20 bits per heavy atom. The second-order valence-corrected chi connectivity index (χ2v) is 3.97. The van der Waals surface area contributed by atoms with E-state index in [1.807, 2.05) is 12.1 Å². The summed E-state index contributed by atoms with van der Waals surface area (Å²) >= 11 is 3.34. The summed E-state index contributed by atoms with van der Waals surface area (Å²) in [6, 6.07) is 5.49. The molecule has 4 nitrogen and oxygen atoms in total. The first-order valence-electron chi connectivity index (χ1n) is 4.57. The van der Waals surface area contributed by atoms with Gasteiger partial charge in [0.05, 0.1) is 11.1 Å². The summed E-state index contributed by atoms with van der Waals surface area (Å²) in [5.74, 6) is 0.625. The topological polar surface area (TPSA) is 75.7 Å². The van der Waals surface area contributed by atoms with Crippen LogP contribution in [0.3, 0.4) is 0 Å². The van der Waals surface area contributed by atoms with Crippen molar-refractivity contribution in [2.45, 2.75) is 12.6 Å². The summed E-state index contributed by atoms with van der Waals surface area (Å²) in [5, 5.41) is 17.7. The molecule has 0 fully saturated rings. The highest BCUT2D eigenvalue weighted by Gasteiger charge is 2.06. The summed E-state index contributed by atoms with van der Waals surface area (Å²) in [6.07, 6.45) is -0.855. The number of hydrogen-bond donors (Lipinski definition) is 3. The van der Waals surface area contributed by atoms with Gasteiger partial charge in [0.2, 0.25) is 0 Å². The van der Waals surface area contributed by atoms with Gasteiger partial charge >= 0.3 is 0 Å². The van der Waals surface area contributed by atoms with Crippen LogP contribution in [0, 0.1) is 0 Å². The van der Waals surface area contributed by atoms with Gasteiger partial charge in [-0.1, -0.05) is 6.07 Å². The van der Waals surface area contributed by atoms with Gasteiger partial charge in [-0.15, -0.1) is 0 Å². The highest BCUT2D eigenvalue weighted by Crippen LogP contribution is 2.25. The van der Waals surface area contributed by atoms with E-state index in [9.17, 15) is 0 Å². The molecule has 0 aromatic heterocycles. The molecule has 1 atom stereocenters. The highest BCUT2D eigenvalue weighted by atomic mass is 79.9. The van der Waals surface area contributed by atoms with Gasteiger partial charge in [-0.25, -0.2) is 0 Å². The monoisotopic (exact) mass is 275 g/mol. The van der Waals surface area contributed by atoms with E-state index in [0.717, 1.165) is 10.0 Å². The van der Waals surface area contributed by atoms with Crippen molar-refractivity contribution in [3.8, 4) is 5.75 Å². The van der Waals surface area contributed by atoms with Crippen LogP contribution in [0.5, 0.6) is 5.75 Å². The number of nitrogens with two attached hydrogens (primary N) is 1. The lowest BCUT2D eigenvalue weighted by molar-refractivity contribution is 0.0533. The third kappa shape index (κ3) is 3.79. The van der Waals surface area contributed by atoms with Gasteiger partial charge in [0, 0.05) is 6.54 Å². The molecule has 0 aliphatic rings. The molecule has 4 N–H and O–H groups in total. The molecule has 1 aromatic rings. The molecule has 0 saturated carbocycles. The third-order valence-electron chi connectivity index (χ3n) is 1.87. The Kier molecular flexibility index (Phi) is 5.04. The Bertz CT molecular complexity index is 320. The zero-order valence-corrected chi connectivity index (χ0v) is 9.77. The first kappa shape index (κ1) is 12.4. The maximum absolute atomic E-state index is 9.10. The van der Waals surface area contributed by atoms with Gasteiger partial charge < -0.3 is 20.7 Å². The van der Waals surface area contributed by atoms with Gasteiger partial charge in [-0.05, 0) is 33.6 Å². The lowest BCUT2D eigenvalue weighted by Gasteiger charge is -2.11. The Balaban J connectivity index is 2.62. The standard InChI is InChI=1S/C10H14BrNO3/c11-9-3-7(4-12)1-2-10(9)15-6-8(14)5-13/h1-3,8,13-14H,4-6,12H2. The van der Waals surface area contributed by atoms with Crippen LogP contribution in [-0.4, -0.2) is 29.5 Å². The zero-order chi connectivity index (χ0) is 11.3. The molecule has 1 unspecified atom stereocenters. The number of halogens is 1. The van der Waals surface area contributed by atoms with Crippen molar-refractivity contribution >= 4 is 15.9 Å². The minimum Gasteiger partial charge on any atom is -0.490 e. The van der Waals surface area contributed by atoms with E-state index in [4.69, 9.17) is 20.7 Å². The summed E-state index contributed by atoms with van der Waals surface area (Å²) in [6.45, 7) is 0.230. The number of rotatable bonds is 5. The fourth-order valence-corrected chi connectivity index (χ4v) is 1.57. The van der Waals surface area contributed by atoms with Crippen molar-refractivity contribution in [3.63, 3.8) is 0 Å². The fraction of sp³-hybridized carbons (Fsp3) is 0.400. The van der Waals surface area contributed by atoms with Crippen LogP contribution >= 0.6 is 15.9 Å². The molecule has 1 aromatic carbocycles. The molecule has 1 rings (SSSR count). The molecule has 84 valence electrons. The highest BCUT2D eigenvalue weighted by molar-refractivity contribution is 9.10. The molecule has 15 heavy (non-hydrogen) atoms. The van der Waals surface area contributed by atoms with Gasteiger partial charge in [0.15, 0.2) is 0 Å². The van der Waals surface area contributed by atoms with Crippen molar-refractivity contribution in [1.82, 2.24) is 0 Å². The Morgan fingerprint density at radius 1 is 1.47 bits per heavy atom. The molecular formula is C10H14BrNO3. The van der Waals surface area contributed by atoms with Gasteiger partial charge in [-0.2, -0.15) is 0 Å². The van der Waals surface area contributed by atoms with E-state index in [1.165, 1.54) is 0 Å². The molecule has 0 bridgehead atoms. The summed E-state index contributed by atoms with van der Waals surface area (Å²) in [5.41, 5.74) is 6.47. The van der Waals surface area contributed by atoms with E-state index >= 15 is 0 Å². The van der Waals surface area contributed by atoms with Gasteiger partial charge in [-0.3, -0.25) is 0 Å². The van der Waals surface area contributed by atoms with Crippen LogP contribution in [0.2, 0.25) is 0 Å². The number of benzene rings is 1. The Hall–Kier alpha value is -0.620. The first-order chi connectivity index (χ1) is 7.17. The van der Waals surface area contributed by atoms with Crippen LogP contribution in [0.1, 0.15) is 5.56 Å². The molecule has 0 heterocycles. The number of hydrogen-bond acceptors (Lipinski definition) is 4. The quantitative estimate of drug-likeness (QED) is 0.737. The SMILES string of the molecule is NCc1ccc(OCC(O)CO)c(Br)c1. The van der Waals surface area contributed by atoms with Crippen molar-refractivity contribution in [1.29, 1.82) is 0 Å². The third-order valence-corrected chi connectivity index (χ3v) is 2.49. The molecule has 0 saturated heterocycles. The molecule has 0 spiro atoms. The number of aliphatic hydroxyl groups is 2. The average molecular weight is 276 g/mol. The predicted octanol–water partition coefficient (Wildman–Crippen LogP) is 0.640. The maximum Gasteiger partial charge on any atom is 0.133 e. The second-order valence-electron chi connectivity index (χ2n) is 3.12. The second kappa shape index (κ2) is 6.07. The predicted molar refractivity (Wildman–Crippen MR) is 60.6 cm³/mol. The van der Waals surface area contributed by atoms with E-state index in [2.05, 4.69) is 15.9 Å². The molecule has 0 amide bonds. The largest absolute Gasteiger partial charge is 0.490 e. The van der Waals surface area contributed by atoms with Crippen LogP contribution < -0.4 is 10.5 Å². The van der Waals surface area contributed by atoms with Gasteiger partial charge in [0.1, 0.15) is 18.5 Å². The average Bonchev–Trinajstić information content (AvgIpc) is 2.26. The zero-order valence-electron chi connectivity index (χ0n) is 8.19. The van der Waals surface area contributed by atoms with E-state index < -0.39 is 6.10 Å². The van der Waals surface area contributed by atoms with Crippen molar-refractivity contribution in [2.75, 3.05) is 13.2 Å². The van der Waals surface area contributed by atoms with Crippen molar-refractivity contribution < 1.29 is 14.9 Å². The van der Waals surface area contributed by atoms with Crippen LogP contribution in [0.15, 0.2) is 22.7 Å². The summed E-state index contributed by atoms with van der Waals surface area (Å²) < 4.78 is 6.08. The molecule has 0 aliphatic carbocycles. The summed E-state index contributed by atoms with van der Waals surface area (Å²) in [7, 11) is 0. The maximum atomic E-state index is 9.10. The van der Waals surface area contributed by atoms with Crippen molar-refractivity contribution in [2.24, 2.45) is 5.73 Å². The molecule has 5 heteroatoms. The number of ether oxygens (including phenoxy) is 1. The lowest BCUT2D eigenvalue weighted by atomic mass is 10.2. The Morgan fingerprint density at radius 3 is 2.73 bits per heavy atom. The van der Waals surface area contributed by atoms with E-state index in [1.54, 1.807) is 6.07 Å². The van der Waals surface area contributed by atoms with E-state index in [0.29, 0.717) is 12.3 Å². The van der Waals surface area contributed by atoms with Crippen LogP contribution in [-0.2, 0) is 6.54 Å². The van der Waals surface area contributed by atoms with Crippen molar-refractivity contribution in [3.05, 3.63) is 28.2 Å². The molecular weight excluding hydrogens is 262 g/mol. The Labute approximate surface area is 96.8 Å². The molecule has 0 aliphatic heterocycles. The normalized spacial score (nSPS) is 12.5. The van der Waals surface area contributed by atoms with Crippen LogP contribution in [0.25, 0.3) is 0 Å². The molecule has 0 radical (unpaired) electrons. The first-order valence-corrected chi connectivity index (χ1v) is 5.37.